The van der Waals surface area contributed by atoms with E-state index >= 15 is 0 Å². The van der Waals surface area contributed by atoms with Crippen molar-refractivity contribution >= 4 is 22.7 Å². The Hall–Kier alpha value is -2.81. The van der Waals surface area contributed by atoms with Gasteiger partial charge in [0, 0.05) is 23.3 Å². The molecule has 0 aliphatic carbocycles. The fourth-order valence-corrected chi connectivity index (χ4v) is 2.46. The zero-order chi connectivity index (χ0) is 19.7. The van der Waals surface area contributed by atoms with Crippen LogP contribution in [0.1, 0.15) is 19.4 Å². The third-order valence-corrected chi connectivity index (χ3v) is 3.62. The van der Waals surface area contributed by atoms with E-state index in [9.17, 15) is 33.0 Å². The van der Waals surface area contributed by atoms with Gasteiger partial charge >= 0.3 is 18.1 Å². The molecular weight excluding hydrogens is 357 g/mol. The molecule has 0 aliphatic rings. The molecule has 2 rings (SSSR count). The van der Waals surface area contributed by atoms with Gasteiger partial charge in [-0.15, -0.1) is 0 Å². The lowest BCUT2D eigenvalue weighted by Crippen LogP contribution is -2.50. The quantitative estimate of drug-likeness (QED) is 0.633. The topological polar surface area (TPSA) is 93.1 Å². The van der Waals surface area contributed by atoms with E-state index in [4.69, 9.17) is 4.74 Å². The highest BCUT2D eigenvalue weighted by Crippen LogP contribution is 2.46. The summed E-state index contributed by atoms with van der Waals surface area (Å²) in [6.45, 7) is 2.01. The highest BCUT2D eigenvalue weighted by atomic mass is 19.4. The van der Waals surface area contributed by atoms with E-state index in [-0.39, 0.29) is 16.5 Å². The monoisotopic (exact) mass is 372 g/mol. The second-order valence-corrected chi connectivity index (χ2v) is 5.34. The smallest absolute Gasteiger partial charge is 0.432 e. The van der Waals surface area contributed by atoms with E-state index in [2.05, 4.69) is 4.74 Å². The molecule has 9 heteroatoms. The Bertz CT molecular complexity index is 861. The van der Waals surface area contributed by atoms with Gasteiger partial charge in [0.2, 0.25) is 0 Å². The minimum Gasteiger partial charge on any atom is -0.507 e. The lowest BCUT2D eigenvalue weighted by molar-refractivity contribution is -0.268. The molecule has 0 saturated heterocycles. The predicted molar refractivity (Wildman–Crippen MR) is 83.5 cm³/mol. The number of fused-ring (bicyclic) bond motifs is 1. The van der Waals surface area contributed by atoms with Gasteiger partial charge < -0.3 is 19.7 Å². The van der Waals surface area contributed by atoms with Gasteiger partial charge in [0.1, 0.15) is 11.5 Å². The number of benzene rings is 2. The summed E-state index contributed by atoms with van der Waals surface area (Å²) in [6.07, 6.45) is -5.45. The Morgan fingerprint density at radius 2 is 1.77 bits per heavy atom. The number of halogens is 3. The number of alkyl halides is 3. The minimum atomic E-state index is -5.45. The standard InChI is InChI=1S/C17H15F3O6/c1-3-25-15(23)16(24,17(18,19)20)12-8-7-10-11(14(12)22)5-4-6-13(10)26-9(2)21/h4-8,22,24H,3H2,1-2H3/t16-/m1/s1. The summed E-state index contributed by atoms with van der Waals surface area (Å²) in [6, 6.07) is 5.79. The number of ether oxygens (including phenoxy) is 2. The molecular formula is C17H15F3O6. The molecule has 2 aromatic rings. The van der Waals surface area contributed by atoms with E-state index in [1.807, 2.05) is 0 Å². The molecule has 0 amide bonds. The van der Waals surface area contributed by atoms with Crippen molar-refractivity contribution in [3.05, 3.63) is 35.9 Å². The first-order valence-corrected chi connectivity index (χ1v) is 7.44. The van der Waals surface area contributed by atoms with Crippen molar-refractivity contribution in [3.8, 4) is 11.5 Å². The van der Waals surface area contributed by atoms with Gasteiger partial charge in [-0.3, -0.25) is 4.79 Å². The highest BCUT2D eigenvalue weighted by molar-refractivity contribution is 5.97. The average molecular weight is 372 g/mol. The number of phenols is 1. The molecule has 0 heterocycles. The second kappa shape index (κ2) is 6.83. The predicted octanol–water partition coefficient (Wildman–Crippen LogP) is 2.78. The van der Waals surface area contributed by atoms with Gasteiger partial charge in [-0.2, -0.15) is 13.2 Å². The summed E-state index contributed by atoms with van der Waals surface area (Å²) in [4.78, 5) is 23.0. The van der Waals surface area contributed by atoms with Crippen LogP contribution in [-0.4, -0.2) is 34.9 Å². The van der Waals surface area contributed by atoms with Crippen LogP contribution in [0, 0.1) is 0 Å². The van der Waals surface area contributed by atoms with Crippen LogP contribution in [-0.2, 0) is 19.9 Å². The van der Waals surface area contributed by atoms with Crippen LogP contribution < -0.4 is 4.74 Å². The minimum absolute atomic E-state index is 0.00327. The largest absolute Gasteiger partial charge is 0.507 e. The first-order chi connectivity index (χ1) is 12.0. The molecule has 140 valence electrons. The molecule has 0 aromatic heterocycles. The molecule has 0 aliphatic heterocycles. The highest BCUT2D eigenvalue weighted by Gasteiger charge is 2.63. The molecule has 0 unspecified atom stereocenters. The Morgan fingerprint density at radius 1 is 1.12 bits per heavy atom. The third-order valence-electron chi connectivity index (χ3n) is 3.62. The number of aliphatic hydroxyl groups is 1. The Labute approximate surface area is 145 Å². The van der Waals surface area contributed by atoms with Crippen molar-refractivity contribution in [3.63, 3.8) is 0 Å². The van der Waals surface area contributed by atoms with Crippen molar-refractivity contribution in [1.82, 2.24) is 0 Å². The fraction of sp³-hybridized carbons (Fsp3) is 0.294. The number of aromatic hydroxyl groups is 1. The van der Waals surface area contributed by atoms with E-state index < -0.39 is 41.6 Å². The number of phenolic OH excluding ortho intramolecular Hbond substituents is 1. The summed E-state index contributed by atoms with van der Waals surface area (Å²) in [5.74, 6) is -3.61. The molecule has 0 saturated carbocycles. The van der Waals surface area contributed by atoms with E-state index in [1.165, 1.54) is 25.1 Å². The first kappa shape index (κ1) is 19.5. The number of esters is 2. The number of rotatable bonds is 4. The van der Waals surface area contributed by atoms with Crippen LogP contribution in [0.15, 0.2) is 30.3 Å². The Balaban J connectivity index is 2.74. The van der Waals surface area contributed by atoms with Crippen LogP contribution in [0.4, 0.5) is 13.2 Å². The normalized spacial score (nSPS) is 13.9. The molecule has 2 aromatic carbocycles. The lowest BCUT2D eigenvalue weighted by atomic mass is 9.89. The maximum atomic E-state index is 13.5. The van der Waals surface area contributed by atoms with Crippen LogP contribution in [0.3, 0.4) is 0 Å². The van der Waals surface area contributed by atoms with Gasteiger partial charge in [0.05, 0.1) is 6.61 Å². The molecule has 0 fully saturated rings. The van der Waals surface area contributed by atoms with E-state index in [1.54, 1.807) is 0 Å². The van der Waals surface area contributed by atoms with Crippen molar-refractivity contribution in [2.24, 2.45) is 0 Å². The molecule has 6 nitrogen and oxygen atoms in total. The number of hydrogen-bond acceptors (Lipinski definition) is 6. The molecule has 26 heavy (non-hydrogen) atoms. The molecule has 0 bridgehead atoms. The van der Waals surface area contributed by atoms with Crippen LogP contribution in [0.5, 0.6) is 11.5 Å². The summed E-state index contributed by atoms with van der Waals surface area (Å²) in [5, 5.41) is 20.4. The first-order valence-electron chi connectivity index (χ1n) is 7.44. The van der Waals surface area contributed by atoms with Crippen molar-refractivity contribution in [1.29, 1.82) is 0 Å². The summed E-state index contributed by atoms with van der Waals surface area (Å²) < 4.78 is 49.7. The zero-order valence-corrected chi connectivity index (χ0v) is 13.8. The van der Waals surface area contributed by atoms with Gasteiger partial charge in [-0.1, -0.05) is 18.2 Å². The molecule has 1 atom stereocenters. The summed E-state index contributed by atoms with van der Waals surface area (Å²) in [5.41, 5.74) is -5.14. The van der Waals surface area contributed by atoms with Crippen molar-refractivity contribution in [2.45, 2.75) is 25.6 Å². The van der Waals surface area contributed by atoms with Crippen LogP contribution >= 0.6 is 0 Å². The van der Waals surface area contributed by atoms with E-state index in [0.717, 1.165) is 19.1 Å². The third kappa shape index (κ3) is 3.17. The lowest BCUT2D eigenvalue weighted by Gasteiger charge is -2.29. The summed E-state index contributed by atoms with van der Waals surface area (Å²) in [7, 11) is 0. The van der Waals surface area contributed by atoms with Gasteiger partial charge in [0.15, 0.2) is 0 Å². The van der Waals surface area contributed by atoms with Gasteiger partial charge in [-0.25, -0.2) is 4.79 Å². The number of hydrogen-bond donors (Lipinski definition) is 2. The zero-order valence-electron chi connectivity index (χ0n) is 13.8. The SMILES string of the molecule is CCOC(=O)[C@](O)(c1ccc2c(OC(C)=O)cccc2c1O)C(F)(F)F. The Morgan fingerprint density at radius 3 is 2.31 bits per heavy atom. The molecule has 0 spiro atoms. The van der Waals surface area contributed by atoms with Gasteiger partial charge in [0.25, 0.3) is 5.60 Å². The van der Waals surface area contributed by atoms with Crippen molar-refractivity contribution in [2.75, 3.05) is 6.61 Å². The van der Waals surface area contributed by atoms with Gasteiger partial charge in [-0.05, 0) is 19.1 Å². The summed E-state index contributed by atoms with van der Waals surface area (Å²) >= 11 is 0. The van der Waals surface area contributed by atoms with Crippen LogP contribution in [0.2, 0.25) is 0 Å². The maximum Gasteiger partial charge on any atom is 0.432 e. The fourth-order valence-electron chi connectivity index (χ4n) is 2.46. The molecule has 2 N–H and O–H groups in total. The molecule has 0 radical (unpaired) electrons. The Kier molecular flexibility index (Phi) is 5.13. The number of carbonyl (C=O) groups excluding carboxylic acids is 2. The second-order valence-electron chi connectivity index (χ2n) is 5.34. The average Bonchev–Trinajstić information content (AvgIpc) is 2.54. The number of carbonyl (C=O) groups is 2. The van der Waals surface area contributed by atoms with Crippen LogP contribution in [0.25, 0.3) is 10.8 Å². The van der Waals surface area contributed by atoms with E-state index in [0.29, 0.717) is 0 Å². The maximum absolute atomic E-state index is 13.5. The van der Waals surface area contributed by atoms with Crippen molar-refractivity contribution < 1.29 is 42.4 Å².